The Balaban J connectivity index is 1.41. The number of hydrogen-bond acceptors (Lipinski definition) is 4. The van der Waals surface area contributed by atoms with Crippen molar-refractivity contribution in [2.24, 2.45) is 29.4 Å². The molecule has 3 aromatic rings. The third-order valence-corrected chi connectivity index (χ3v) is 9.32. The zero-order valence-corrected chi connectivity index (χ0v) is 24.2. The highest BCUT2D eigenvalue weighted by molar-refractivity contribution is 5.98. The van der Waals surface area contributed by atoms with Gasteiger partial charge in [0.25, 0.3) is 5.91 Å². The summed E-state index contributed by atoms with van der Waals surface area (Å²) in [5.74, 6) is 1.57. The molecule has 2 aromatic heterocycles. The van der Waals surface area contributed by atoms with Gasteiger partial charge in [0.2, 0.25) is 0 Å². The fourth-order valence-electron chi connectivity index (χ4n) is 6.50. The van der Waals surface area contributed by atoms with Gasteiger partial charge in [-0.2, -0.15) is 0 Å². The fourth-order valence-corrected chi connectivity index (χ4v) is 6.50. The van der Waals surface area contributed by atoms with Gasteiger partial charge in [0.05, 0.1) is 17.8 Å². The maximum Gasteiger partial charge on any atom is 0.251 e. The van der Waals surface area contributed by atoms with Crippen molar-refractivity contribution in [2.75, 3.05) is 19.8 Å². The Bertz CT molecular complexity index is 1580. The number of imidazole rings is 1. The van der Waals surface area contributed by atoms with Crippen LogP contribution in [0.5, 0.6) is 0 Å². The number of fused-ring (bicyclic) bond motifs is 1. The van der Waals surface area contributed by atoms with E-state index in [1.54, 1.807) is 6.07 Å². The Kier molecular flexibility index (Phi) is 7.88. The van der Waals surface area contributed by atoms with Gasteiger partial charge >= 0.3 is 0 Å². The number of rotatable bonds is 9. The van der Waals surface area contributed by atoms with Crippen LogP contribution in [-0.2, 0) is 17.8 Å². The fraction of sp³-hybridized carbons (Fsp3) is 0.515. The molecule has 7 nitrogen and oxygen atoms in total. The van der Waals surface area contributed by atoms with Crippen LogP contribution in [0.2, 0.25) is 0 Å². The number of allylic oxidation sites excluding steroid dienone is 2. The number of nitrogens with one attached hydrogen (secondary N) is 1. The monoisotopic (exact) mass is 559 g/mol. The molecule has 1 aromatic carbocycles. The molecule has 0 bridgehead atoms. The number of carbonyl (C=O) groups excluding carboxylic acids is 1. The highest BCUT2D eigenvalue weighted by atomic mass is 19.1. The van der Waals surface area contributed by atoms with Crippen molar-refractivity contribution in [3.8, 4) is 11.5 Å². The Morgan fingerprint density at radius 1 is 1.17 bits per heavy atom. The van der Waals surface area contributed by atoms with E-state index >= 15 is 4.39 Å². The maximum absolute atomic E-state index is 16.0. The van der Waals surface area contributed by atoms with Gasteiger partial charge in [-0.25, -0.2) is 9.37 Å². The van der Waals surface area contributed by atoms with E-state index in [0.717, 1.165) is 42.1 Å². The lowest BCUT2D eigenvalue weighted by Gasteiger charge is -2.18. The number of benzene rings is 1. The molecule has 4 atom stereocenters. The highest BCUT2D eigenvalue weighted by Crippen LogP contribution is 2.34. The molecule has 6 rings (SSSR count). The molecule has 1 amide bonds. The first-order chi connectivity index (χ1) is 19.8. The van der Waals surface area contributed by atoms with Crippen molar-refractivity contribution in [2.45, 2.75) is 65.1 Å². The predicted octanol–water partition coefficient (Wildman–Crippen LogP) is 3.96. The second-order valence-electron chi connectivity index (χ2n) is 12.4. The average molecular weight is 560 g/mol. The van der Waals surface area contributed by atoms with E-state index in [4.69, 9.17) is 15.5 Å². The summed E-state index contributed by atoms with van der Waals surface area (Å²) in [4.78, 5) is 18.2. The molecule has 3 heterocycles. The van der Waals surface area contributed by atoms with Gasteiger partial charge in [0.1, 0.15) is 11.3 Å². The normalized spacial score (nSPS) is 25.2. The van der Waals surface area contributed by atoms with Crippen LogP contribution in [0.15, 0.2) is 30.4 Å². The minimum atomic E-state index is -0.438. The lowest BCUT2D eigenvalue weighted by molar-refractivity contribution is 0.0945. The van der Waals surface area contributed by atoms with Gasteiger partial charge in [0.15, 0.2) is 5.82 Å². The molecule has 3 N–H and O–H groups in total. The maximum atomic E-state index is 16.0. The first kappa shape index (κ1) is 27.9. The summed E-state index contributed by atoms with van der Waals surface area (Å²) < 4.78 is 25.9. The summed E-state index contributed by atoms with van der Waals surface area (Å²) in [6, 6.07) is 5.27. The van der Waals surface area contributed by atoms with E-state index in [0.29, 0.717) is 55.0 Å². The number of carbonyl (C=O) groups is 1. The van der Waals surface area contributed by atoms with E-state index in [-0.39, 0.29) is 29.3 Å². The van der Waals surface area contributed by atoms with Crippen LogP contribution < -0.4 is 21.6 Å². The van der Waals surface area contributed by atoms with Gasteiger partial charge in [-0.15, -0.1) is 0 Å². The van der Waals surface area contributed by atoms with Crippen LogP contribution in [0.25, 0.3) is 35.2 Å². The smallest absolute Gasteiger partial charge is 0.251 e. The molecule has 1 saturated heterocycles. The zero-order valence-electron chi connectivity index (χ0n) is 24.2. The van der Waals surface area contributed by atoms with Crippen LogP contribution in [0.1, 0.15) is 56.3 Å². The number of halogens is 1. The van der Waals surface area contributed by atoms with Gasteiger partial charge in [-0.1, -0.05) is 31.7 Å². The summed E-state index contributed by atoms with van der Waals surface area (Å²) in [7, 11) is 0. The summed E-state index contributed by atoms with van der Waals surface area (Å²) in [5.41, 5.74) is 8.46. The van der Waals surface area contributed by atoms with E-state index in [2.05, 4.69) is 35.5 Å². The molecule has 218 valence electrons. The first-order valence-corrected chi connectivity index (χ1v) is 15.2. The molecule has 3 unspecified atom stereocenters. The van der Waals surface area contributed by atoms with Gasteiger partial charge < -0.3 is 24.9 Å². The van der Waals surface area contributed by atoms with Crippen LogP contribution in [-0.4, -0.2) is 45.8 Å². The van der Waals surface area contributed by atoms with Crippen LogP contribution >= 0.6 is 0 Å². The largest absolute Gasteiger partial charge is 0.381 e. The molecule has 41 heavy (non-hydrogen) atoms. The molecule has 0 spiro atoms. The van der Waals surface area contributed by atoms with Crippen molar-refractivity contribution >= 4 is 29.6 Å². The summed E-state index contributed by atoms with van der Waals surface area (Å²) in [6.07, 6.45) is 11.5. The second-order valence-corrected chi connectivity index (χ2v) is 12.4. The Hall–Kier alpha value is -3.23. The Labute approximate surface area is 241 Å². The van der Waals surface area contributed by atoms with Crippen LogP contribution in [0, 0.1) is 29.5 Å². The number of nitrogens with zero attached hydrogens (tertiary/aromatic N) is 3. The van der Waals surface area contributed by atoms with E-state index in [9.17, 15) is 4.79 Å². The van der Waals surface area contributed by atoms with Gasteiger partial charge in [-0.05, 0) is 80.2 Å². The van der Waals surface area contributed by atoms with Crippen molar-refractivity contribution in [3.63, 3.8) is 0 Å². The minimum absolute atomic E-state index is 0.0760. The molecular formula is C33H42FN5O2. The predicted molar refractivity (Wildman–Crippen MR) is 161 cm³/mol. The molecule has 0 radical (unpaired) electrons. The standard InChI is InChI=1S/C33H42FN5O2/c1-4-5-6-24-15-29(38(21(24)3)17-22-8-9-22)32-37-28-14-26(33(40)36-16-25-10-7-20(2)30(25)35)13-27(34)31(28)39(32)18-23-11-12-41-19-23/h4-6,13-15,20,22-23,25,30H,3,7-12,16-19,35H2,1-2H3,(H,36,40)/b5-4-,24-6-/t20?,23-,25?,30?/m1/s1. The lowest BCUT2D eigenvalue weighted by atomic mass is 10.00. The van der Waals surface area contributed by atoms with Crippen molar-refractivity contribution < 1.29 is 13.9 Å². The number of ether oxygens (including phenoxy) is 1. The van der Waals surface area contributed by atoms with Crippen LogP contribution in [0.3, 0.4) is 0 Å². The SMILES string of the molecule is C=c1/c(=C\C=C/C)cc(-c2nc3cc(C(=O)NCC4CCC(C)C4N)cc(F)c3n2C[C@H]2CCOC2)n1CC1CC1. The zero-order chi connectivity index (χ0) is 28.7. The summed E-state index contributed by atoms with van der Waals surface area (Å²) in [5, 5.41) is 4.97. The average Bonchev–Trinajstić information content (AvgIpc) is 3.22. The van der Waals surface area contributed by atoms with Crippen molar-refractivity contribution in [1.82, 2.24) is 19.4 Å². The van der Waals surface area contributed by atoms with Crippen molar-refractivity contribution in [3.05, 3.63) is 52.3 Å². The summed E-state index contributed by atoms with van der Waals surface area (Å²) in [6.45, 7) is 11.9. The minimum Gasteiger partial charge on any atom is -0.381 e. The number of aromatic nitrogens is 3. The molecule has 8 heteroatoms. The first-order valence-electron chi connectivity index (χ1n) is 15.2. The third-order valence-electron chi connectivity index (χ3n) is 9.32. The lowest BCUT2D eigenvalue weighted by Crippen LogP contribution is -2.38. The summed E-state index contributed by atoms with van der Waals surface area (Å²) >= 11 is 0. The van der Waals surface area contributed by atoms with E-state index in [1.807, 2.05) is 23.6 Å². The molecule has 2 aliphatic carbocycles. The van der Waals surface area contributed by atoms with Gasteiger partial charge in [0, 0.05) is 49.1 Å². The molecule has 2 saturated carbocycles. The Morgan fingerprint density at radius 3 is 2.66 bits per heavy atom. The Morgan fingerprint density at radius 2 is 1.98 bits per heavy atom. The molecular weight excluding hydrogens is 517 g/mol. The van der Waals surface area contributed by atoms with E-state index in [1.165, 1.54) is 18.9 Å². The quantitative estimate of drug-likeness (QED) is 0.416. The molecule has 3 aliphatic rings. The highest BCUT2D eigenvalue weighted by Gasteiger charge is 2.31. The number of nitrogens with two attached hydrogens (primary N) is 1. The number of amides is 1. The third kappa shape index (κ3) is 5.64. The van der Waals surface area contributed by atoms with Gasteiger partial charge in [-0.3, -0.25) is 4.79 Å². The van der Waals surface area contributed by atoms with E-state index < -0.39 is 5.82 Å². The number of hydrogen-bond donors (Lipinski definition) is 2. The molecule has 3 fully saturated rings. The van der Waals surface area contributed by atoms with Crippen molar-refractivity contribution in [1.29, 1.82) is 0 Å². The second kappa shape index (κ2) is 11.6. The van der Waals surface area contributed by atoms with Crippen LogP contribution in [0.4, 0.5) is 4.39 Å². The molecule has 1 aliphatic heterocycles. The topological polar surface area (TPSA) is 87.1 Å².